The van der Waals surface area contributed by atoms with Gasteiger partial charge in [-0.25, -0.2) is 0 Å². The van der Waals surface area contributed by atoms with E-state index in [1.54, 1.807) is 0 Å². The highest BCUT2D eigenvalue weighted by atomic mass is 16.6. The maximum absolute atomic E-state index is 12.8. The van der Waals surface area contributed by atoms with E-state index in [-0.39, 0.29) is 37.5 Å². The molecule has 0 aliphatic rings. The van der Waals surface area contributed by atoms with E-state index in [1.807, 2.05) is 0 Å². The Kier molecular flexibility index (Phi) is 46.4. The molecule has 0 aliphatic heterocycles. The highest BCUT2D eigenvalue weighted by molar-refractivity contribution is 5.71. The average Bonchev–Trinajstić information content (AvgIpc) is 3.23. The zero-order valence-electron chi connectivity index (χ0n) is 39.3. The van der Waals surface area contributed by atoms with Crippen LogP contribution in [0.5, 0.6) is 0 Å². The molecule has 0 amide bonds. The smallest absolute Gasteiger partial charge is 0.306 e. The highest BCUT2D eigenvalue weighted by Gasteiger charge is 2.19. The van der Waals surface area contributed by atoms with Crippen molar-refractivity contribution >= 4 is 17.9 Å². The van der Waals surface area contributed by atoms with Gasteiger partial charge in [0.25, 0.3) is 0 Å². The summed E-state index contributed by atoms with van der Waals surface area (Å²) in [6, 6.07) is 0. The standard InChI is InChI=1S/C53H96O6/c1-4-7-10-13-16-19-22-24-26-28-31-34-37-40-43-46-52(55)58-49-50(48-57-51(54)45-42-39-36-33-30-21-18-15-12-9-6-3)59-53(56)47-44-41-38-35-32-29-27-25-23-20-17-14-11-8-5-2/h17,20,25,27,32,35,50H,4-16,18-19,21-24,26,28-31,33-34,36-49H2,1-3H3/b20-17-,27-25-,35-32-/t50-/m0/s1. The highest BCUT2D eigenvalue weighted by Crippen LogP contribution is 2.15. The fourth-order valence-electron chi connectivity index (χ4n) is 7.27. The Morgan fingerprint density at radius 2 is 0.610 bits per heavy atom. The van der Waals surface area contributed by atoms with Crippen molar-refractivity contribution in [1.82, 2.24) is 0 Å². The number of carbonyl (C=O) groups excluding carboxylic acids is 3. The average molecular weight is 829 g/mol. The SMILES string of the molecule is CCCCC/C=C\C/C=C\C/C=C\CCCCC(=O)O[C@@H](COC(=O)CCCCCCCCCCCCC)COC(=O)CCCCCCCCCCCCCCCCC. The van der Waals surface area contributed by atoms with Gasteiger partial charge in [-0.2, -0.15) is 0 Å². The van der Waals surface area contributed by atoms with Crippen molar-refractivity contribution in [3.8, 4) is 0 Å². The van der Waals surface area contributed by atoms with Gasteiger partial charge in [0.2, 0.25) is 0 Å². The van der Waals surface area contributed by atoms with Crippen LogP contribution < -0.4 is 0 Å². The molecule has 6 nitrogen and oxygen atoms in total. The quantitative estimate of drug-likeness (QED) is 0.0263. The number of carbonyl (C=O) groups is 3. The second kappa shape index (κ2) is 48.3. The molecule has 0 aromatic carbocycles. The number of hydrogen-bond donors (Lipinski definition) is 0. The molecule has 0 radical (unpaired) electrons. The summed E-state index contributed by atoms with van der Waals surface area (Å²) in [6.45, 7) is 6.59. The summed E-state index contributed by atoms with van der Waals surface area (Å²) >= 11 is 0. The van der Waals surface area contributed by atoms with Crippen LogP contribution in [0, 0.1) is 0 Å². The van der Waals surface area contributed by atoms with Crippen LogP contribution in [0.4, 0.5) is 0 Å². The number of hydrogen-bond acceptors (Lipinski definition) is 6. The van der Waals surface area contributed by atoms with E-state index in [0.717, 1.165) is 64.2 Å². The zero-order chi connectivity index (χ0) is 43.0. The molecule has 0 aromatic heterocycles. The van der Waals surface area contributed by atoms with Gasteiger partial charge in [-0.1, -0.05) is 224 Å². The van der Waals surface area contributed by atoms with E-state index in [1.165, 1.54) is 154 Å². The van der Waals surface area contributed by atoms with Crippen LogP contribution in [-0.2, 0) is 28.6 Å². The van der Waals surface area contributed by atoms with Gasteiger partial charge in [-0.3, -0.25) is 14.4 Å². The van der Waals surface area contributed by atoms with Crippen LogP contribution in [-0.4, -0.2) is 37.2 Å². The van der Waals surface area contributed by atoms with Gasteiger partial charge < -0.3 is 14.2 Å². The van der Waals surface area contributed by atoms with Crippen LogP contribution in [0.25, 0.3) is 0 Å². The van der Waals surface area contributed by atoms with Gasteiger partial charge in [-0.05, 0) is 57.8 Å². The van der Waals surface area contributed by atoms with Gasteiger partial charge in [0.15, 0.2) is 6.10 Å². The van der Waals surface area contributed by atoms with Crippen molar-refractivity contribution in [2.75, 3.05) is 13.2 Å². The lowest BCUT2D eigenvalue weighted by Crippen LogP contribution is -2.30. The summed E-state index contributed by atoms with van der Waals surface area (Å²) in [6.07, 6.45) is 55.5. The summed E-state index contributed by atoms with van der Waals surface area (Å²) in [5, 5.41) is 0. The molecule has 6 heteroatoms. The molecular formula is C53H96O6. The molecule has 59 heavy (non-hydrogen) atoms. The summed E-state index contributed by atoms with van der Waals surface area (Å²) in [5.41, 5.74) is 0. The van der Waals surface area contributed by atoms with Crippen molar-refractivity contribution in [2.45, 2.75) is 271 Å². The van der Waals surface area contributed by atoms with Crippen molar-refractivity contribution < 1.29 is 28.6 Å². The Bertz CT molecular complexity index is 1000. The fraction of sp³-hybridized carbons (Fsp3) is 0.830. The van der Waals surface area contributed by atoms with Gasteiger partial charge in [0, 0.05) is 19.3 Å². The normalized spacial score (nSPS) is 12.3. The van der Waals surface area contributed by atoms with Gasteiger partial charge in [-0.15, -0.1) is 0 Å². The minimum atomic E-state index is -0.786. The number of unbranched alkanes of at least 4 members (excludes halogenated alkanes) is 29. The monoisotopic (exact) mass is 829 g/mol. The Labute approximate surface area is 365 Å². The third-order valence-electron chi connectivity index (χ3n) is 11.1. The van der Waals surface area contributed by atoms with Gasteiger partial charge >= 0.3 is 17.9 Å². The molecule has 0 bridgehead atoms. The predicted molar refractivity (Wildman–Crippen MR) is 252 cm³/mol. The maximum atomic E-state index is 12.8. The summed E-state index contributed by atoms with van der Waals surface area (Å²) < 4.78 is 16.7. The molecule has 0 rings (SSSR count). The van der Waals surface area contributed by atoms with Crippen LogP contribution in [0.15, 0.2) is 36.5 Å². The van der Waals surface area contributed by atoms with E-state index in [2.05, 4.69) is 57.2 Å². The van der Waals surface area contributed by atoms with Crippen molar-refractivity contribution in [3.05, 3.63) is 36.5 Å². The van der Waals surface area contributed by atoms with Crippen molar-refractivity contribution in [2.24, 2.45) is 0 Å². The molecule has 344 valence electrons. The number of allylic oxidation sites excluding steroid dienone is 6. The number of rotatable bonds is 46. The minimum Gasteiger partial charge on any atom is -0.462 e. The van der Waals surface area contributed by atoms with Gasteiger partial charge in [0.05, 0.1) is 0 Å². The van der Waals surface area contributed by atoms with Crippen LogP contribution >= 0.6 is 0 Å². The molecule has 0 N–H and O–H groups in total. The summed E-state index contributed by atoms with van der Waals surface area (Å²) in [5.74, 6) is -0.912. The lowest BCUT2D eigenvalue weighted by atomic mass is 10.0. The van der Waals surface area contributed by atoms with Crippen LogP contribution in [0.2, 0.25) is 0 Å². The Hall–Kier alpha value is -2.37. The largest absolute Gasteiger partial charge is 0.462 e. The molecule has 0 aromatic rings. The van der Waals surface area contributed by atoms with E-state index < -0.39 is 6.10 Å². The third kappa shape index (κ3) is 46.5. The first-order chi connectivity index (χ1) is 29.0. The minimum absolute atomic E-state index is 0.0834. The third-order valence-corrected chi connectivity index (χ3v) is 11.1. The lowest BCUT2D eigenvalue weighted by molar-refractivity contribution is -0.167. The summed E-state index contributed by atoms with van der Waals surface area (Å²) in [4.78, 5) is 37.9. The number of ether oxygens (including phenoxy) is 3. The van der Waals surface area contributed by atoms with E-state index >= 15 is 0 Å². The Balaban J connectivity index is 4.40. The van der Waals surface area contributed by atoms with Crippen LogP contribution in [0.1, 0.15) is 265 Å². The van der Waals surface area contributed by atoms with Gasteiger partial charge in [0.1, 0.15) is 13.2 Å². The molecule has 0 unspecified atom stereocenters. The van der Waals surface area contributed by atoms with E-state index in [9.17, 15) is 14.4 Å². The second-order valence-corrected chi connectivity index (χ2v) is 17.1. The first kappa shape index (κ1) is 56.6. The van der Waals surface area contributed by atoms with Crippen molar-refractivity contribution in [3.63, 3.8) is 0 Å². The lowest BCUT2D eigenvalue weighted by Gasteiger charge is -2.18. The predicted octanol–water partition coefficient (Wildman–Crippen LogP) is 16.5. The topological polar surface area (TPSA) is 78.9 Å². The number of esters is 3. The molecule has 0 fully saturated rings. The fourth-order valence-corrected chi connectivity index (χ4v) is 7.27. The zero-order valence-corrected chi connectivity index (χ0v) is 39.3. The van der Waals surface area contributed by atoms with Crippen LogP contribution in [0.3, 0.4) is 0 Å². The molecule has 1 atom stereocenters. The molecule has 0 saturated carbocycles. The first-order valence-corrected chi connectivity index (χ1v) is 25.5. The Morgan fingerprint density at radius 3 is 0.983 bits per heavy atom. The molecule has 0 heterocycles. The molecule has 0 aliphatic carbocycles. The molecular weight excluding hydrogens is 733 g/mol. The first-order valence-electron chi connectivity index (χ1n) is 25.5. The summed E-state index contributed by atoms with van der Waals surface area (Å²) in [7, 11) is 0. The van der Waals surface area contributed by atoms with E-state index in [4.69, 9.17) is 14.2 Å². The maximum Gasteiger partial charge on any atom is 0.306 e. The molecule has 0 spiro atoms. The molecule has 0 saturated heterocycles. The van der Waals surface area contributed by atoms with E-state index in [0.29, 0.717) is 19.3 Å². The van der Waals surface area contributed by atoms with Crippen molar-refractivity contribution in [1.29, 1.82) is 0 Å². The second-order valence-electron chi connectivity index (χ2n) is 17.1. The Morgan fingerprint density at radius 1 is 0.339 bits per heavy atom.